The zero-order valence-corrected chi connectivity index (χ0v) is 19.2. The number of nitro benzene ring substituents is 1. The summed E-state index contributed by atoms with van der Waals surface area (Å²) >= 11 is 3.56. The molecule has 1 aliphatic rings. The highest BCUT2D eigenvalue weighted by Gasteiger charge is 2.25. The number of aromatic carboxylic acids is 1. The summed E-state index contributed by atoms with van der Waals surface area (Å²) < 4.78 is 0.597. The number of amidine groups is 1. The molecule has 33 heavy (non-hydrogen) atoms. The molecule has 3 aromatic rings. The Kier molecular flexibility index (Phi) is 6.53. The van der Waals surface area contributed by atoms with Gasteiger partial charge in [-0.15, -0.1) is 10.2 Å². The minimum absolute atomic E-state index is 0.0795. The normalized spacial score (nSPS) is 15.7. The SMILES string of the molecule is Cc1nnc(Sc2ccc(/C=C3\SC(=Nc4cccc(C(=O)O)c4)NC3=O)cc2[N+](=O)[O-])s1. The number of carboxylic acids is 1. The largest absolute Gasteiger partial charge is 0.478 e. The standard InChI is InChI=1S/C20H13N5O5S3/c1-10-23-24-20(31-10)33-15-6-5-11(7-14(15)25(29)30)8-16-17(26)22-19(32-16)21-13-4-2-3-12(9-13)18(27)28/h2-9H,1H3,(H,27,28)(H,21,22,26)/b16-8-. The first-order chi connectivity index (χ1) is 15.8. The van der Waals surface area contributed by atoms with Crippen LogP contribution in [-0.2, 0) is 4.79 Å². The van der Waals surface area contributed by atoms with Gasteiger partial charge in [0.2, 0.25) is 0 Å². The second-order valence-corrected chi connectivity index (χ2v) is 10.0. The lowest BCUT2D eigenvalue weighted by atomic mass is 10.2. The second-order valence-electron chi connectivity index (χ2n) is 6.51. The maximum Gasteiger partial charge on any atom is 0.335 e. The molecule has 4 rings (SSSR count). The fourth-order valence-electron chi connectivity index (χ4n) is 2.72. The average Bonchev–Trinajstić information content (AvgIpc) is 3.33. The van der Waals surface area contributed by atoms with E-state index in [9.17, 15) is 19.7 Å². The van der Waals surface area contributed by atoms with E-state index in [1.807, 2.05) is 0 Å². The third-order valence-corrected chi connectivity index (χ3v) is 7.02. The van der Waals surface area contributed by atoms with Gasteiger partial charge in [-0.3, -0.25) is 14.9 Å². The summed E-state index contributed by atoms with van der Waals surface area (Å²) in [6.45, 7) is 1.80. The molecule has 0 saturated carbocycles. The summed E-state index contributed by atoms with van der Waals surface area (Å²) in [5.41, 5.74) is 0.829. The molecule has 1 aliphatic heterocycles. The Morgan fingerprint density at radius 2 is 2.09 bits per heavy atom. The van der Waals surface area contributed by atoms with Crippen LogP contribution in [0.3, 0.4) is 0 Å². The Morgan fingerprint density at radius 1 is 1.27 bits per heavy atom. The minimum atomic E-state index is -1.08. The number of aromatic nitrogens is 2. The van der Waals surface area contributed by atoms with Gasteiger partial charge in [0.15, 0.2) is 9.51 Å². The first kappa shape index (κ1) is 22.6. The van der Waals surface area contributed by atoms with Crippen LogP contribution >= 0.6 is 34.9 Å². The van der Waals surface area contributed by atoms with E-state index in [2.05, 4.69) is 20.5 Å². The first-order valence-corrected chi connectivity index (χ1v) is 11.6. The van der Waals surface area contributed by atoms with Crippen molar-refractivity contribution in [2.24, 2.45) is 4.99 Å². The zero-order chi connectivity index (χ0) is 23.5. The maximum absolute atomic E-state index is 12.4. The van der Waals surface area contributed by atoms with Gasteiger partial charge in [0.25, 0.3) is 11.6 Å². The molecule has 2 N–H and O–H groups in total. The number of benzene rings is 2. The number of nitro groups is 1. The van der Waals surface area contributed by atoms with Crippen LogP contribution in [0, 0.1) is 17.0 Å². The average molecular weight is 500 g/mol. The number of hydrogen-bond donors (Lipinski definition) is 2. The Morgan fingerprint density at radius 3 is 2.79 bits per heavy atom. The summed E-state index contributed by atoms with van der Waals surface area (Å²) in [4.78, 5) is 39.6. The van der Waals surface area contributed by atoms with Crippen molar-refractivity contribution in [3.05, 3.63) is 73.6 Å². The predicted molar refractivity (Wildman–Crippen MR) is 126 cm³/mol. The molecule has 0 spiro atoms. The van der Waals surface area contributed by atoms with Crippen molar-refractivity contribution in [2.45, 2.75) is 16.2 Å². The Hall–Kier alpha value is -3.55. The summed E-state index contributed by atoms with van der Waals surface area (Å²) in [5, 5.41) is 32.2. The number of nitrogens with one attached hydrogen (secondary N) is 1. The number of hydrogen-bond acceptors (Lipinski definition) is 10. The van der Waals surface area contributed by atoms with Crippen LogP contribution in [0.25, 0.3) is 6.08 Å². The van der Waals surface area contributed by atoms with Crippen LogP contribution in [0.2, 0.25) is 0 Å². The second kappa shape index (κ2) is 9.52. The molecular formula is C20H13N5O5S3. The Labute approximate surface area is 199 Å². The summed E-state index contributed by atoms with van der Waals surface area (Å²) in [5.74, 6) is -1.48. The van der Waals surface area contributed by atoms with Crippen molar-refractivity contribution in [1.82, 2.24) is 15.5 Å². The van der Waals surface area contributed by atoms with Gasteiger partial charge >= 0.3 is 5.97 Å². The van der Waals surface area contributed by atoms with Crippen molar-refractivity contribution in [1.29, 1.82) is 0 Å². The van der Waals surface area contributed by atoms with E-state index in [0.29, 0.717) is 25.4 Å². The number of carboxylic acid groups (broad SMARTS) is 1. The molecule has 1 saturated heterocycles. The molecular weight excluding hydrogens is 486 g/mol. The number of nitrogens with zero attached hydrogens (tertiary/aromatic N) is 4. The highest BCUT2D eigenvalue weighted by atomic mass is 32.2. The number of thioether (sulfide) groups is 1. The molecule has 0 unspecified atom stereocenters. The number of aliphatic imine (C=N–C) groups is 1. The van der Waals surface area contributed by atoms with Crippen LogP contribution in [0.5, 0.6) is 0 Å². The van der Waals surface area contributed by atoms with Crippen molar-refractivity contribution >= 4 is 69.4 Å². The smallest absolute Gasteiger partial charge is 0.335 e. The van der Waals surface area contributed by atoms with Gasteiger partial charge in [0.05, 0.1) is 26.0 Å². The van der Waals surface area contributed by atoms with Gasteiger partial charge in [0, 0.05) is 6.07 Å². The highest BCUT2D eigenvalue weighted by Crippen LogP contribution is 2.37. The molecule has 166 valence electrons. The minimum Gasteiger partial charge on any atom is -0.478 e. The lowest BCUT2D eigenvalue weighted by molar-refractivity contribution is -0.387. The summed E-state index contributed by atoms with van der Waals surface area (Å²) in [7, 11) is 0. The lowest BCUT2D eigenvalue weighted by Gasteiger charge is -2.02. The van der Waals surface area contributed by atoms with E-state index in [4.69, 9.17) is 5.11 Å². The Balaban J connectivity index is 1.57. The maximum atomic E-state index is 12.4. The molecule has 1 fully saturated rings. The number of carbonyl (C=O) groups excluding carboxylic acids is 1. The van der Waals surface area contributed by atoms with Gasteiger partial charge < -0.3 is 10.4 Å². The lowest BCUT2D eigenvalue weighted by Crippen LogP contribution is -2.19. The van der Waals surface area contributed by atoms with Crippen LogP contribution in [0.4, 0.5) is 11.4 Å². The van der Waals surface area contributed by atoms with E-state index in [-0.39, 0.29) is 16.4 Å². The molecule has 1 amide bonds. The zero-order valence-electron chi connectivity index (χ0n) is 16.7. The van der Waals surface area contributed by atoms with Crippen molar-refractivity contribution in [2.75, 3.05) is 0 Å². The Bertz CT molecular complexity index is 1350. The number of aryl methyl sites for hydroxylation is 1. The fraction of sp³-hybridized carbons (Fsp3) is 0.0500. The molecule has 0 radical (unpaired) electrons. The molecule has 0 aliphatic carbocycles. The molecule has 0 atom stereocenters. The van der Waals surface area contributed by atoms with Crippen molar-refractivity contribution < 1.29 is 19.6 Å². The molecule has 13 heteroatoms. The van der Waals surface area contributed by atoms with Crippen molar-refractivity contribution in [3.8, 4) is 0 Å². The van der Waals surface area contributed by atoms with E-state index in [0.717, 1.165) is 28.5 Å². The number of amides is 1. The van der Waals surface area contributed by atoms with Gasteiger partial charge in [-0.1, -0.05) is 35.2 Å². The van der Waals surface area contributed by atoms with Crippen molar-refractivity contribution in [3.63, 3.8) is 0 Å². The molecule has 0 bridgehead atoms. The van der Waals surface area contributed by atoms with Gasteiger partial charge in [0.1, 0.15) is 5.01 Å². The molecule has 1 aromatic heterocycles. The van der Waals surface area contributed by atoms with Gasteiger partial charge in [-0.05, 0) is 54.6 Å². The first-order valence-electron chi connectivity index (χ1n) is 9.18. The number of rotatable bonds is 6. The topological polar surface area (TPSA) is 148 Å². The van der Waals surface area contributed by atoms with Crippen LogP contribution in [-0.4, -0.2) is 37.3 Å². The quantitative estimate of drug-likeness (QED) is 0.284. The number of carbonyl (C=O) groups is 2. The van der Waals surface area contributed by atoms with Gasteiger partial charge in [-0.25, -0.2) is 9.79 Å². The monoisotopic (exact) mass is 499 g/mol. The molecule has 2 heterocycles. The van der Waals surface area contributed by atoms with E-state index in [1.165, 1.54) is 35.6 Å². The molecule has 10 nitrogen and oxygen atoms in total. The van der Waals surface area contributed by atoms with E-state index >= 15 is 0 Å². The third kappa shape index (κ3) is 5.45. The highest BCUT2D eigenvalue weighted by molar-refractivity contribution is 8.18. The van der Waals surface area contributed by atoms with Crippen LogP contribution in [0.1, 0.15) is 20.9 Å². The summed E-state index contributed by atoms with van der Waals surface area (Å²) in [6, 6.07) is 10.7. The molecule has 2 aromatic carbocycles. The van der Waals surface area contributed by atoms with Crippen LogP contribution < -0.4 is 5.32 Å². The predicted octanol–water partition coefficient (Wildman–Crippen LogP) is 4.50. The van der Waals surface area contributed by atoms with Crippen LogP contribution in [0.15, 0.2) is 61.6 Å². The van der Waals surface area contributed by atoms with E-state index in [1.54, 1.807) is 31.2 Å². The fourth-order valence-corrected chi connectivity index (χ4v) is 5.42. The third-order valence-electron chi connectivity index (χ3n) is 4.16. The van der Waals surface area contributed by atoms with E-state index < -0.39 is 16.8 Å². The van der Waals surface area contributed by atoms with Gasteiger partial charge in [-0.2, -0.15) is 0 Å². The summed E-state index contributed by atoms with van der Waals surface area (Å²) in [6.07, 6.45) is 1.53.